The summed E-state index contributed by atoms with van der Waals surface area (Å²) in [7, 11) is 0. The summed E-state index contributed by atoms with van der Waals surface area (Å²) in [5.74, 6) is 0.249. The fourth-order valence-electron chi connectivity index (χ4n) is 1.71. The molecule has 0 aliphatic rings. The van der Waals surface area contributed by atoms with Gasteiger partial charge in [-0.3, -0.25) is 10.1 Å². The van der Waals surface area contributed by atoms with Crippen molar-refractivity contribution in [3.8, 4) is 5.75 Å². The Balaban J connectivity index is 3.09. The van der Waals surface area contributed by atoms with Gasteiger partial charge in [0, 0.05) is 6.07 Å². The number of nitro benzene ring substituents is 1. The molecule has 6 nitrogen and oxygen atoms in total. The Morgan fingerprint density at radius 2 is 2.22 bits per heavy atom. The van der Waals surface area contributed by atoms with Gasteiger partial charge in [0.25, 0.3) is 0 Å². The molecule has 1 atom stereocenters. The largest absolute Gasteiger partial charge is 0.487 e. The Morgan fingerprint density at radius 1 is 1.50 bits per heavy atom. The minimum Gasteiger partial charge on any atom is -0.487 e. The molecule has 0 saturated heterocycles. The van der Waals surface area contributed by atoms with Gasteiger partial charge in [0.05, 0.1) is 24.2 Å². The molecule has 0 aliphatic heterocycles. The molecule has 0 radical (unpaired) electrons. The molecule has 1 rings (SSSR count). The Hall–Kier alpha value is -1.66. The number of hydrogen-bond donors (Lipinski definition) is 2. The summed E-state index contributed by atoms with van der Waals surface area (Å²) in [4.78, 5) is 10.5. The van der Waals surface area contributed by atoms with E-state index in [0.717, 1.165) is 0 Å². The average Bonchev–Trinajstić information content (AvgIpc) is 2.36. The van der Waals surface area contributed by atoms with Gasteiger partial charge in [-0.2, -0.15) is 0 Å². The molecule has 0 aliphatic carbocycles. The topological polar surface area (TPSA) is 84.6 Å². The van der Waals surface area contributed by atoms with Gasteiger partial charge in [-0.05, 0) is 25.1 Å². The van der Waals surface area contributed by atoms with E-state index in [1.54, 1.807) is 19.1 Å². The molecule has 0 saturated carbocycles. The lowest BCUT2D eigenvalue weighted by Crippen LogP contribution is -2.24. The van der Waals surface area contributed by atoms with E-state index in [4.69, 9.17) is 4.74 Å². The highest BCUT2D eigenvalue weighted by molar-refractivity contribution is 5.49. The molecule has 0 spiro atoms. The van der Waals surface area contributed by atoms with Crippen LogP contribution < -0.4 is 10.1 Å². The van der Waals surface area contributed by atoms with Crippen LogP contribution >= 0.6 is 0 Å². The molecule has 0 aromatic heterocycles. The molecule has 0 amide bonds. The summed E-state index contributed by atoms with van der Waals surface area (Å²) in [6.07, 6.45) is 0. The number of nitro groups is 1. The lowest BCUT2D eigenvalue weighted by atomic mass is 10.1. The summed E-state index contributed by atoms with van der Waals surface area (Å²) in [6, 6.07) is 4.43. The van der Waals surface area contributed by atoms with Crippen LogP contribution in [0.15, 0.2) is 18.2 Å². The van der Waals surface area contributed by atoms with E-state index >= 15 is 0 Å². The summed E-state index contributed by atoms with van der Waals surface area (Å²) in [6.45, 7) is 4.61. The quantitative estimate of drug-likeness (QED) is 0.570. The van der Waals surface area contributed by atoms with Gasteiger partial charge >= 0.3 is 5.69 Å². The first-order valence-corrected chi connectivity index (χ1v) is 5.89. The normalized spacial score (nSPS) is 12.2. The van der Waals surface area contributed by atoms with Gasteiger partial charge in [-0.1, -0.05) is 13.0 Å². The summed E-state index contributed by atoms with van der Waals surface area (Å²) in [5, 5.41) is 23.3. The highest BCUT2D eigenvalue weighted by Gasteiger charge is 2.19. The van der Waals surface area contributed by atoms with Crippen molar-refractivity contribution in [2.24, 2.45) is 0 Å². The van der Waals surface area contributed by atoms with E-state index in [2.05, 4.69) is 5.32 Å². The average molecular weight is 254 g/mol. The van der Waals surface area contributed by atoms with Crippen molar-refractivity contribution in [2.75, 3.05) is 19.8 Å². The highest BCUT2D eigenvalue weighted by atomic mass is 16.6. The molecular formula is C12H18N2O4. The first-order chi connectivity index (χ1) is 8.63. The maximum Gasteiger partial charge on any atom is 0.311 e. The van der Waals surface area contributed by atoms with Crippen molar-refractivity contribution < 1.29 is 14.8 Å². The highest BCUT2D eigenvalue weighted by Crippen LogP contribution is 2.30. The van der Waals surface area contributed by atoms with Crippen LogP contribution in [0, 0.1) is 10.1 Å². The molecule has 2 N–H and O–H groups in total. The van der Waals surface area contributed by atoms with Gasteiger partial charge in [-0.25, -0.2) is 0 Å². The van der Waals surface area contributed by atoms with E-state index in [0.29, 0.717) is 18.7 Å². The Labute approximate surface area is 106 Å². The molecule has 1 unspecified atom stereocenters. The van der Waals surface area contributed by atoms with Crippen molar-refractivity contribution in [3.63, 3.8) is 0 Å². The summed E-state index contributed by atoms with van der Waals surface area (Å²) >= 11 is 0. The van der Waals surface area contributed by atoms with Crippen LogP contribution in [0.2, 0.25) is 0 Å². The summed E-state index contributed by atoms with van der Waals surface area (Å²) in [5.41, 5.74) is 0.597. The number of benzene rings is 1. The fourth-order valence-corrected chi connectivity index (χ4v) is 1.71. The Bertz CT molecular complexity index is 409. The number of rotatable bonds is 7. The fraction of sp³-hybridized carbons (Fsp3) is 0.500. The predicted molar refractivity (Wildman–Crippen MR) is 67.8 cm³/mol. The molecule has 6 heteroatoms. The molecule has 18 heavy (non-hydrogen) atoms. The van der Waals surface area contributed by atoms with Gasteiger partial charge in [0.15, 0.2) is 5.75 Å². The third kappa shape index (κ3) is 3.41. The number of nitrogens with one attached hydrogen (secondary N) is 1. The van der Waals surface area contributed by atoms with Crippen LogP contribution in [-0.2, 0) is 0 Å². The molecule has 0 fully saturated rings. The van der Waals surface area contributed by atoms with Crippen LogP contribution in [-0.4, -0.2) is 29.8 Å². The molecule has 0 bridgehead atoms. The van der Waals surface area contributed by atoms with E-state index in [1.807, 2.05) is 6.92 Å². The minimum absolute atomic E-state index is 0.0781. The van der Waals surface area contributed by atoms with E-state index in [1.165, 1.54) is 6.07 Å². The Kier molecular flexibility index (Phi) is 5.54. The number of hydrogen-bond acceptors (Lipinski definition) is 5. The second-order valence-corrected chi connectivity index (χ2v) is 3.71. The zero-order valence-corrected chi connectivity index (χ0v) is 10.5. The molecule has 1 aromatic carbocycles. The van der Waals surface area contributed by atoms with E-state index < -0.39 is 4.92 Å². The zero-order chi connectivity index (χ0) is 13.5. The first-order valence-electron chi connectivity index (χ1n) is 5.89. The van der Waals surface area contributed by atoms with Crippen molar-refractivity contribution >= 4 is 5.69 Å². The van der Waals surface area contributed by atoms with Gasteiger partial charge in [-0.15, -0.1) is 0 Å². The summed E-state index contributed by atoms with van der Waals surface area (Å²) < 4.78 is 5.20. The predicted octanol–water partition coefficient (Wildman–Crippen LogP) is 1.64. The molecule has 0 heterocycles. The van der Waals surface area contributed by atoms with Crippen LogP contribution in [0.25, 0.3) is 0 Å². The third-order valence-corrected chi connectivity index (χ3v) is 2.51. The maximum absolute atomic E-state index is 11.0. The van der Waals surface area contributed by atoms with Gasteiger partial charge in [0.1, 0.15) is 0 Å². The van der Waals surface area contributed by atoms with Crippen LogP contribution in [0.5, 0.6) is 5.75 Å². The van der Waals surface area contributed by atoms with Crippen molar-refractivity contribution in [1.82, 2.24) is 5.32 Å². The lowest BCUT2D eigenvalue weighted by molar-refractivity contribution is -0.385. The minimum atomic E-state index is -0.477. The van der Waals surface area contributed by atoms with Gasteiger partial charge in [0.2, 0.25) is 0 Å². The van der Waals surface area contributed by atoms with Crippen molar-refractivity contribution in [1.29, 1.82) is 0 Å². The number of ether oxygens (including phenoxy) is 1. The van der Waals surface area contributed by atoms with Crippen LogP contribution in [0.1, 0.15) is 25.5 Å². The lowest BCUT2D eigenvalue weighted by Gasteiger charge is -2.16. The SMILES string of the molecule is CCNC(CO)c1ccc(OCC)c([N+](=O)[O-])c1. The number of aliphatic hydroxyl groups is 1. The van der Waals surface area contributed by atoms with Crippen LogP contribution in [0.4, 0.5) is 5.69 Å². The molecule has 1 aromatic rings. The monoisotopic (exact) mass is 254 g/mol. The standard InChI is InChI=1S/C12H18N2O4/c1-3-13-10(8-15)9-5-6-12(18-4-2)11(7-9)14(16)17/h5-7,10,13,15H,3-4,8H2,1-2H3. The second-order valence-electron chi connectivity index (χ2n) is 3.71. The Morgan fingerprint density at radius 3 is 2.72 bits per heavy atom. The van der Waals surface area contributed by atoms with Crippen molar-refractivity contribution in [3.05, 3.63) is 33.9 Å². The van der Waals surface area contributed by atoms with E-state index in [-0.39, 0.29) is 24.1 Å². The first kappa shape index (κ1) is 14.4. The van der Waals surface area contributed by atoms with Gasteiger partial charge < -0.3 is 15.2 Å². The second kappa shape index (κ2) is 6.93. The third-order valence-electron chi connectivity index (χ3n) is 2.51. The van der Waals surface area contributed by atoms with E-state index in [9.17, 15) is 15.2 Å². The zero-order valence-electron chi connectivity index (χ0n) is 10.5. The number of likely N-dealkylation sites (N-methyl/N-ethyl adjacent to an activating group) is 1. The molecule has 100 valence electrons. The van der Waals surface area contributed by atoms with Crippen LogP contribution in [0.3, 0.4) is 0 Å². The molecular weight excluding hydrogens is 236 g/mol. The van der Waals surface area contributed by atoms with Crippen molar-refractivity contribution in [2.45, 2.75) is 19.9 Å². The number of nitrogens with zero attached hydrogens (tertiary/aromatic N) is 1. The number of aliphatic hydroxyl groups excluding tert-OH is 1. The maximum atomic E-state index is 11.0. The smallest absolute Gasteiger partial charge is 0.311 e.